The van der Waals surface area contributed by atoms with Gasteiger partial charge in [-0.2, -0.15) is 5.10 Å². The maximum absolute atomic E-state index is 13.2. The molecule has 0 aliphatic rings. The van der Waals surface area contributed by atoms with Gasteiger partial charge in [0.05, 0.1) is 34.8 Å². The van der Waals surface area contributed by atoms with Crippen molar-refractivity contribution in [3.8, 4) is 0 Å². The van der Waals surface area contributed by atoms with E-state index in [0.717, 1.165) is 11.1 Å². The number of fused-ring (bicyclic) bond motifs is 3. The Morgan fingerprint density at radius 2 is 1.91 bits per heavy atom. The molecule has 2 aromatic heterocycles. The first-order chi connectivity index (χ1) is 16.0. The normalized spacial score (nSPS) is 11.2. The van der Waals surface area contributed by atoms with E-state index < -0.39 is 5.97 Å². The van der Waals surface area contributed by atoms with E-state index in [4.69, 9.17) is 21.1 Å². The van der Waals surface area contributed by atoms with Gasteiger partial charge in [0, 0.05) is 11.6 Å². The Morgan fingerprint density at radius 1 is 1.09 bits per heavy atom. The summed E-state index contributed by atoms with van der Waals surface area (Å²) < 4.78 is 7.28. The van der Waals surface area contributed by atoms with Gasteiger partial charge in [0.1, 0.15) is 5.52 Å². The number of halogens is 1. The number of carbonyl (C=O) groups is 2. The topological polar surface area (TPSA) is 110 Å². The first-order valence-corrected chi connectivity index (χ1v) is 10.4. The Balaban J connectivity index is 1.49. The van der Waals surface area contributed by atoms with Crippen LogP contribution in [0.15, 0.2) is 71.6 Å². The quantitative estimate of drug-likeness (QED) is 0.386. The predicted octanol–water partition coefficient (Wildman–Crippen LogP) is 4.51. The Hall–Kier alpha value is -4.17. The molecular formula is C24H17ClN4O4. The average molecular weight is 461 g/mol. The van der Waals surface area contributed by atoms with Gasteiger partial charge in [-0.1, -0.05) is 35.9 Å². The second kappa shape index (κ2) is 8.40. The summed E-state index contributed by atoms with van der Waals surface area (Å²) in [5.41, 5.74) is 4.05. The summed E-state index contributed by atoms with van der Waals surface area (Å²) in [7, 11) is 0. The van der Waals surface area contributed by atoms with Crippen molar-refractivity contribution >= 4 is 45.5 Å². The number of carboxylic acid groups (broad SMARTS) is 1. The summed E-state index contributed by atoms with van der Waals surface area (Å²) in [6.45, 7) is 0.653. The minimum atomic E-state index is -0.998. The molecule has 0 atom stereocenters. The van der Waals surface area contributed by atoms with Gasteiger partial charge >= 0.3 is 5.97 Å². The molecular weight excluding hydrogens is 444 g/mol. The summed E-state index contributed by atoms with van der Waals surface area (Å²) in [6, 6.07) is 15.5. The van der Waals surface area contributed by atoms with Crippen LogP contribution in [0.1, 0.15) is 31.8 Å². The van der Waals surface area contributed by atoms with Crippen molar-refractivity contribution in [3.05, 3.63) is 94.5 Å². The molecule has 164 valence electrons. The monoisotopic (exact) mass is 460 g/mol. The number of aromatic nitrogens is 3. The lowest BCUT2D eigenvalue weighted by atomic mass is 10.1. The van der Waals surface area contributed by atoms with Gasteiger partial charge in [0.2, 0.25) is 0 Å². The minimum Gasteiger partial charge on any atom is -0.478 e. The fourth-order valence-corrected chi connectivity index (χ4v) is 3.96. The highest BCUT2D eigenvalue weighted by molar-refractivity contribution is 6.30. The number of nitrogens with zero attached hydrogens (tertiary/aromatic N) is 3. The van der Waals surface area contributed by atoms with Crippen molar-refractivity contribution in [2.24, 2.45) is 0 Å². The van der Waals surface area contributed by atoms with Crippen LogP contribution >= 0.6 is 11.6 Å². The number of benzene rings is 3. The lowest BCUT2D eigenvalue weighted by Gasteiger charge is -2.10. The van der Waals surface area contributed by atoms with Crippen molar-refractivity contribution < 1.29 is 19.1 Å². The van der Waals surface area contributed by atoms with Crippen LogP contribution in [-0.2, 0) is 13.1 Å². The van der Waals surface area contributed by atoms with Crippen LogP contribution in [0.5, 0.6) is 0 Å². The van der Waals surface area contributed by atoms with Crippen molar-refractivity contribution in [3.63, 3.8) is 0 Å². The number of carboxylic acids is 1. The molecule has 5 rings (SSSR count). The van der Waals surface area contributed by atoms with Crippen molar-refractivity contribution in [1.82, 2.24) is 20.1 Å². The molecule has 0 fully saturated rings. The Labute approximate surface area is 192 Å². The summed E-state index contributed by atoms with van der Waals surface area (Å²) in [5, 5.41) is 17.7. The van der Waals surface area contributed by atoms with E-state index in [1.165, 1.54) is 18.5 Å². The van der Waals surface area contributed by atoms with Crippen molar-refractivity contribution in [2.45, 2.75) is 13.1 Å². The molecule has 1 amide bonds. The molecule has 9 heteroatoms. The van der Waals surface area contributed by atoms with Crippen molar-refractivity contribution in [1.29, 1.82) is 0 Å². The molecule has 0 radical (unpaired) electrons. The van der Waals surface area contributed by atoms with E-state index >= 15 is 0 Å². The summed E-state index contributed by atoms with van der Waals surface area (Å²) in [4.78, 5) is 28.4. The van der Waals surface area contributed by atoms with Crippen LogP contribution in [0.4, 0.5) is 0 Å². The number of oxazole rings is 1. The van der Waals surface area contributed by atoms with E-state index in [9.17, 15) is 9.59 Å². The molecule has 0 bridgehead atoms. The first-order valence-electron chi connectivity index (χ1n) is 10.1. The molecule has 0 aliphatic heterocycles. The zero-order valence-electron chi connectivity index (χ0n) is 17.2. The summed E-state index contributed by atoms with van der Waals surface area (Å²) >= 11 is 6.13. The van der Waals surface area contributed by atoms with E-state index in [1.807, 2.05) is 18.2 Å². The lowest BCUT2D eigenvalue weighted by molar-refractivity contribution is 0.0696. The number of rotatable bonds is 6. The number of aromatic carboxylic acids is 1. The summed E-state index contributed by atoms with van der Waals surface area (Å²) in [5.74, 6) is -1.30. The Morgan fingerprint density at radius 3 is 2.67 bits per heavy atom. The largest absolute Gasteiger partial charge is 0.478 e. The van der Waals surface area contributed by atoms with E-state index in [2.05, 4.69) is 15.4 Å². The fourth-order valence-electron chi connectivity index (χ4n) is 3.74. The van der Waals surface area contributed by atoms with Crippen LogP contribution < -0.4 is 5.32 Å². The van der Waals surface area contributed by atoms with Crippen molar-refractivity contribution in [2.75, 3.05) is 0 Å². The third kappa shape index (κ3) is 4.04. The molecule has 0 unspecified atom stereocenters. The highest BCUT2D eigenvalue weighted by Gasteiger charge is 2.20. The molecule has 3 aromatic carbocycles. The second-order valence-corrected chi connectivity index (χ2v) is 7.94. The number of hydrogen-bond donors (Lipinski definition) is 2. The maximum Gasteiger partial charge on any atom is 0.335 e. The molecule has 0 aliphatic carbocycles. The predicted molar refractivity (Wildman–Crippen MR) is 122 cm³/mol. The first kappa shape index (κ1) is 20.7. The molecule has 8 nitrogen and oxygen atoms in total. The standard InChI is InChI=1S/C24H17ClN4O4/c25-17-3-1-2-15(8-17)12-29-21-18(9-20-22(33-13-27-20)19(21)11-28-29)23(30)26-10-14-4-6-16(7-5-14)24(31)32/h1-9,11,13H,10,12H2,(H,26,30)(H,31,32). The van der Waals surface area contributed by atoms with E-state index in [1.54, 1.807) is 35.1 Å². The van der Waals surface area contributed by atoms with Gasteiger partial charge < -0.3 is 14.8 Å². The molecule has 2 heterocycles. The van der Waals surface area contributed by atoms with Gasteiger partial charge in [-0.05, 0) is 41.5 Å². The number of nitrogens with one attached hydrogen (secondary N) is 1. The summed E-state index contributed by atoms with van der Waals surface area (Å²) in [6.07, 6.45) is 3.00. The highest BCUT2D eigenvalue weighted by Crippen LogP contribution is 2.29. The average Bonchev–Trinajstić information content (AvgIpc) is 3.44. The van der Waals surface area contributed by atoms with Gasteiger partial charge in [0.15, 0.2) is 12.0 Å². The van der Waals surface area contributed by atoms with Gasteiger partial charge in [-0.25, -0.2) is 9.78 Å². The molecule has 0 spiro atoms. The zero-order chi connectivity index (χ0) is 22.9. The molecule has 5 aromatic rings. The maximum atomic E-state index is 13.2. The van der Waals surface area contributed by atoms with Gasteiger partial charge in [0.25, 0.3) is 5.91 Å². The minimum absolute atomic E-state index is 0.188. The Kier molecular flexibility index (Phi) is 5.27. The van der Waals surface area contributed by atoms with Crippen LogP contribution in [0, 0.1) is 0 Å². The zero-order valence-corrected chi connectivity index (χ0v) is 17.9. The van der Waals surface area contributed by atoms with E-state index in [-0.39, 0.29) is 18.0 Å². The Bertz CT molecular complexity index is 1500. The number of carbonyl (C=O) groups excluding carboxylic acids is 1. The van der Waals surface area contributed by atoms with Crippen LogP contribution in [0.25, 0.3) is 22.0 Å². The molecule has 0 saturated heterocycles. The van der Waals surface area contributed by atoms with Crippen LogP contribution in [0.2, 0.25) is 5.02 Å². The van der Waals surface area contributed by atoms with Gasteiger partial charge in [-0.15, -0.1) is 0 Å². The molecule has 2 N–H and O–H groups in total. The van der Waals surface area contributed by atoms with E-state index in [0.29, 0.717) is 39.1 Å². The fraction of sp³-hybridized carbons (Fsp3) is 0.0833. The molecule has 0 saturated carbocycles. The number of hydrogen-bond acceptors (Lipinski definition) is 5. The van der Waals surface area contributed by atoms with Crippen LogP contribution in [0.3, 0.4) is 0 Å². The van der Waals surface area contributed by atoms with Gasteiger partial charge in [-0.3, -0.25) is 9.48 Å². The number of amides is 1. The second-order valence-electron chi connectivity index (χ2n) is 7.50. The third-order valence-electron chi connectivity index (χ3n) is 5.34. The lowest BCUT2D eigenvalue weighted by Crippen LogP contribution is -2.23. The third-order valence-corrected chi connectivity index (χ3v) is 5.57. The highest BCUT2D eigenvalue weighted by atomic mass is 35.5. The smallest absolute Gasteiger partial charge is 0.335 e. The molecule has 33 heavy (non-hydrogen) atoms. The SMILES string of the molecule is O=C(O)c1ccc(CNC(=O)c2cc3ncoc3c3cnn(Cc4cccc(Cl)c4)c23)cc1. The van der Waals surface area contributed by atoms with Crippen LogP contribution in [-0.4, -0.2) is 31.7 Å².